The summed E-state index contributed by atoms with van der Waals surface area (Å²) in [5.41, 5.74) is -0.298. The molecule has 1 aromatic carbocycles. The van der Waals surface area contributed by atoms with Gasteiger partial charge in [-0.3, -0.25) is 0 Å². The predicted octanol–water partition coefficient (Wildman–Crippen LogP) is 2.00. The fourth-order valence-corrected chi connectivity index (χ4v) is 2.94. The van der Waals surface area contributed by atoms with Gasteiger partial charge in [-0.15, -0.1) is 0 Å². The summed E-state index contributed by atoms with van der Waals surface area (Å²) in [7, 11) is -3.69. The van der Waals surface area contributed by atoms with E-state index in [4.69, 9.17) is 4.74 Å². The molecule has 0 aliphatic carbocycles. The van der Waals surface area contributed by atoms with Crippen molar-refractivity contribution in [3.63, 3.8) is 0 Å². The number of nitrogens with zero attached hydrogens (tertiary/aromatic N) is 2. The third-order valence-corrected chi connectivity index (χ3v) is 4.44. The fourth-order valence-electron chi connectivity index (χ4n) is 1.78. The van der Waals surface area contributed by atoms with Gasteiger partial charge in [0.15, 0.2) is 0 Å². The Morgan fingerprint density at radius 3 is 2.60 bits per heavy atom. The number of rotatable bonds is 3. The molecule has 2 aromatic rings. The number of amides is 1. The maximum absolute atomic E-state index is 12.4. The molecule has 0 fully saturated rings. The molecule has 132 valence electrons. The number of carbonyl (C=O) groups is 1. The van der Waals surface area contributed by atoms with Gasteiger partial charge in [-0.05, 0) is 38.8 Å². The number of hydrogen-bond donors (Lipinski definition) is 1. The maximum atomic E-state index is 12.4. The van der Waals surface area contributed by atoms with Gasteiger partial charge in [0.1, 0.15) is 17.6 Å². The van der Waals surface area contributed by atoms with Crippen LogP contribution in [0.25, 0.3) is 0 Å². The molecular weight excluding hydrogens is 342 g/mol. The molecular formula is C17H19N3O4S. The Hall–Kier alpha value is -2.79. The minimum absolute atomic E-state index is 0.0627. The molecule has 1 heterocycles. The Labute approximate surface area is 147 Å². The van der Waals surface area contributed by atoms with Crippen LogP contribution in [-0.4, -0.2) is 35.6 Å². The van der Waals surface area contributed by atoms with Crippen molar-refractivity contribution in [3.8, 4) is 11.8 Å². The molecule has 0 atom stereocenters. The summed E-state index contributed by atoms with van der Waals surface area (Å²) in [6, 6.07) is 8.04. The van der Waals surface area contributed by atoms with Crippen molar-refractivity contribution in [2.75, 3.05) is 6.54 Å². The minimum atomic E-state index is -3.69. The number of carbonyl (C=O) groups excluding carboxylic acids is 1. The van der Waals surface area contributed by atoms with Crippen LogP contribution >= 0.6 is 0 Å². The Balaban J connectivity index is 2.00. The third kappa shape index (κ3) is 5.36. The lowest BCUT2D eigenvalue weighted by Crippen LogP contribution is -2.32. The molecule has 1 amide bonds. The van der Waals surface area contributed by atoms with Gasteiger partial charge in [-0.2, -0.15) is 0 Å². The van der Waals surface area contributed by atoms with Crippen molar-refractivity contribution in [2.24, 2.45) is 0 Å². The first kappa shape index (κ1) is 18.5. The number of benzene rings is 1. The summed E-state index contributed by atoms with van der Waals surface area (Å²) in [5.74, 6) is 5.38. The van der Waals surface area contributed by atoms with E-state index >= 15 is 0 Å². The van der Waals surface area contributed by atoms with Crippen molar-refractivity contribution < 1.29 is 17.9 Å². The van der Waals surface area contributed by atoms with E-state index in [1.807, 2.05) is 0 Å². The second kappa shape index (κ2) is 7.40. The Kier molecular flexibility index (Phi) is 5.49. The lowest BCUT2D eigenvalue weighted by molar-refractivity contribution is 0.0535. The highest BCUT2D eigenvalue weighted by molar-refractivity contribution is 7.90. The molecule has 1 aromatic heterocycles. The van der Waals surface area contributed by atoms with Crippen LogP contribution in [0.2, 0.25) is 0 Å². The van der Waals surface area contributed by atoms with E-state index in [-0.39, 0.29) is 17.1 Å². The van der Waals surface area contributed by atoms with Crippen LogP contribution in [0, 0.1) is 11.8 Å². The standard InChI is InChI=1S/C17H19N3O4S/c1-17(2,3)24-16(21)18-11-7-8-14-12-20(13-19-14)25(22,23)15-9-5-4-6-10-15/h4-6,9-10,12-13H,11H2,1-3H3,(H,18,21). The molecule has 25 heavy (non-hydrogen) atoms. The lowest BCUT2D eigenvalue weighted by Gasteiger charge is -2.18. The molecule has 0 saturated carbocycles. The van der Waals surface area contributed by atoms with Crippen LogP contribution in [0.3, 0.4) is 0 Å². The molecule has 0 spiro atoms. The summed E-state index contributed by atoms with van der Waals surface area (Å²) >= 11 is 0. The van der Waals surface area contributed by atoms with Gasteiger partial charge in [0.25, 0.3) is 10.0 Å². The second-order valence-corrected chi connectivity index (χ2v) is 7.91. The van der Waals surface area contributed by atoms with Crippen LogP contribution < -0.4 is 5.32 Å². The van der Waals surface area contributed by atoms with Crippen molar-refractivity contribution in [3.05, 3.63) is 48.5 Å². The van der Waals surface area contributed by atoms with E-state index in [2.05, 4.69) is 22.1 Å². The van der Waals surface area contributed by atoms with Crippen molar-refractivity contribution in [2.45, 2.75) is 31.3 Å². The number of hydrogen-bond acceptors (Lipinski definition) is 5. The Morgan fingerprint density at radius 1 is 1.28 bits per heavy atom. The highest BCUT2D eigenvalue weighted by Crippen LogP contribution is 2.13. The molecule has 0 aliphatic rings. The summed E-state index contributed by atoms with van der Waals surface area (Å²) in [4.78, 5) is 15.6. The highest BCUT2D eigenvalue weighted by atomic mass is 32.2. The fraction of sp³-hybridized carbons (Fsp3) is 0.294. The minimum Gasteiger partial charge on any atom is -0.444 e. The van der Waals surface area contributed by atoms with E-state index in [0.717, 1.165) is 3.97 Å². The van der Waals surface area contributed by atoms with E-state index in [1.54, 1.807) is 39.0 Å². The molecule has 2 rings (SSSR count). The SMILES string of the molecule is CC(C)(C)OC(=O)NCC#Cc1cn(S(=O)(=O)c2ccccc2)cn1. The first-order valence-corrected chi connectivity index (χ1v) is 8.93. The molecule has 1 N–H and O–H groups in total. The van der Waals surface area contributed by atoms with Gasteiger partial charge < -0.3 is 10.1 Å². The molecule has 0 saturated heterocycles. The number of imidazole rings is 1. The molecule has 0 bridgehead atoms. The molecule has 8 heteroatoms. The third-order valence-electron chi connectivity index (χ3n) is 2.82. The maximum Gasteiger partial charge on any atom is 0.408 e. The average molecular weight is 361 g/mol. The van der Waals surface area contributed by atoms with Crippen molar-refractivity contribution >= 4 is 16.1 Å². The van der Waals surface area contributed by atoms with Crippen LogP contribution in [0.1, 0.15) is 26.5 Å². The van der Waals surface area contributed by atoms with Gasteiger partial charge in [0, 0.05) is 0 Å². The lowest BCUT2D eigenvalue weighted by atomic mass is 10.2. The van der Waals surface area contributed by atoms with Gasteiger partial charge in [-0.25, -0.2) is 22.2 Å². The van der Waals surface area contributed by atoms with Crippen LogP contribution in [0.4, 0.5) is 4.79 Å². The number of aromatic nitrogens is 2. The molecule has 0 unspecified atom stereocenters. The smallest absolute Gasteiger partial charge is 0.408 e. The van der Waals surface area contributed by atoms with Crippen molar-refractivity contribution in [1.29, 1.82) is 0 Å². The molecule has 7 nitrogen and oxygen atoms in total. The number of ether oxygens (including phenoxy) is 1. The van der Waals surface area contributed by atoms with Gasteiger partial charge in [0.05, 0.1) is 17.6 Å². The largest absolute Gasteiger partial charge is 0.444 e. The van der Waals surface area contributed by atoms with Gasteiger partial charge in [-0.1, -0.05) is 24.1 Å². The summed E-state index contributed by atoms with van der Waals surface area (Å²) < 4.78 is 30.9. The van der Waals surface area contributed by atoms with Gasteiger partial charge in [0.2, 0.25) is 0 Å². The zero-order valence-electron chi connectivity index (χ0n) is 14.2. The average Bonchev–Trinajstić information content (AvgIpc) is 3.00. The van der Waals surface area contributed by atoms with Crippen LogP contribution in [-0.2, 0) is 14.8 Å². The number of nitrogens with one attached hydrogen (secondary N) is 1. The molecule has 0 aliphatic heterocycles. The van der Waals surface area contributed by atoms with Crippen molar-refractivity contribution in [1.82, 2.24) is 14.3 Å². The normalized spacial score (nSPS) is 11.3. The monoisotopic (exact) mass is 361 g/mol. The van der Waals surface area contributed by atoms with E-state index in [1.165, 1.54) is 24.7 Å². The highest BCUT2D eigenvalue weighted by Gasteiger charge is 2.16. The Morgan fingerprint density at radius 2 is 1.96 bits per heavy atom. The van der Waals surface area contributed by atoms with E-state index in [0.29, 0.717) is 0 Å². The predicted molar refractivity (Wildman–Crippen MR) is 92.4 cm³/mol. The Bertz CT molecular complexity index is 901. The first-order chi connectivity index (χ1) is 11.7. The van der Waals surface area contributed by atoms with Crippen LogP contribution in [0.15, 0.2) is 47.8 Å². The van der Waals surface area contributed by atoms with Gasteiger partial charge >= 0.3 is 6.09 Å². The van der Waals surface area contributed by atoms with Crippen LogP contribution in [0.5, 0.6) is 0 Å². The zero-order chi connectivity index (χ0) is 18.5. The molecule has 0 radical (unpaired) electrons. The quantitative estimate of drug-likeness (QED) is 0.845. The second-order valence-electron chi connectivity index (χ2n) is 6.06. The summed E-state index contributed by atoms with van der Waals surface area (Å²) in [6.45, 7) is 5.35. The van der Waals surface area contributed by atoms with E-state index < -0.39 is 21.7 Å². The topological polar surface area (TPSA) is 90.3 Å². The first-order valence-electron chi connectivity index (χ1n) is 7.49. The summed E-state index contributed by atoms with van der Waals surface area (Å²) in [6.07, 6.45) is 1.94. The van der Waals surface area contributed by atoms with E-state index in [9.17, 15) is 13.2 Å². The zero-order valence-corrected chi connectivity index (χ0v) is 15.0. The number of alkyl carbamates (subject to hydrolysis) is 1. The summed E-state index contributed by atoms with van der Waals surface area (Å²) in [5, 5.41) is 2.48.